The number of esters is 2. The van der Waals surface area contributed by atoms with Crippen LogP contribution in [0.15, 0.2) is 36.0 Å². The molecule has 0 aromatic rings. The molecule has 1 aliphatic heterocycles. The standard InChI is InChI=1S/C20H26O6/c1-6-9(2)18(23)25-13-8-20(5)14(22)7-12(21)10(3)16(20)17-15(13)11(4)19(24)26-17/h6,12-17,21-22H,3-4,7-8H2,1-2,5H3/b9-6+/t12-,13-,14-,15-,16+,17+,20+/m1/s1. The van der Waals surface area contributed by atoms with Gasteiger partial charge in [0.1, 0.15) is 12.2 Å². The minimum absolute atomic E-state index is 0.159. The highest BCUT2D eigenvalue weighted by molar-refractivity contribution is 5.92. The van der Waals surface area contributed by atoms with E-state index in [4.69, 9.17) is 9.47 Å². The normalized spacial score (nSPS) is 42.8. The monoisotopic (exact) mass is 362 g/mol. The van der Waals surface area contributed by atoms with E-state index in [2.05, 4.69) is 13.2 Å². The van der Waals surface area contributed by atoms with Crippen molar-refractivity contribution in [1.82, 2.24) is 0 Å². The van der Waals surface area contributed by atoms with E-state index in [1.165, 1.54) is 0 Å². The number of rotatable bonds is 2. The molecule has 0 aromatic carbocycles. The summed E-state index contributed by atoms with van der Waals surface area (Å²) in [5.41, 5.74) is 0.547. The van der Waals surface area contributed by atoms with Crippen molar-refractivity contribution >= 4 is 11.9 Å². The summed E-state index contributed by atoms with van der Waals surface area (Å²) in [6.45, 7) is 13.1. The molecule has 0 amide bonds. The van der Waals surface area contributed by atoms with Crippen LogP contribution in [0.2, 0.25) is 0 Å². The molecule has 142 valence electrons. The van der Waals surface area contributed by atoms with Crippen molar-refractivity contribution in [2.45, 2.75) is 58.0 Å². The minimum Gasteiger partial charge on any atom is -0.458 e. The number of aliphatic hydroxyl groups excluding tert-OH is 2. The van der Waals surface area contributed by atoms with Crippen LogP contribution >= 0.6 is 0 Å². The predicted octanol–water partition coefficient (Wildman–Crippen LogP) is 1.67. The second kappa shape index (κ2) is 6.35. The van der Waals surface area contributed by atoms with Crippen LogP contribution < -0.4 is 0 Å². The molecule has 6 nitrogen and oxygen atoms in total. The molecule has 0 aromatic heterocycles. The Morgan fingerprint density at radius 3 is 2.65 bits per heavy atom. The predicted molar refractivity (Wildman–Crippen MR) is 93.8 cm³/mol. The Labute approximate surface area is 153 Å². The zero-order valence-electron chi connectivity index (χ0n) is 15.4. The SMILES string of the molecule is C=C1C(=O)O[C@H]2[C@H]1[C@H](OC(=O)/C(C)=C/C)C[C@@]1(C)[C@H](O)C[C@@H](O)C(=C)[C@@H]21. The van der Waals surface area contributed by atoms with Crippen LogP contribution in [0.25, 0.3) is 0 Å². The van der Waals surface area contributed by atoms with Gasteiger partial charge in [-0.05, 0) is 25.8 Å². The van der Waals surface area contributed by atoms with E-state index in [1.807, 2.05) is 6.92 Å². The maximum Gasteiger partial charge on any atom is 0.334 e. The molecule has 2 N–H and O–H groups in total. The van der Waals surface area contributed by atoms with Crippen molar-refractivity contribution in [3.63, 3.8) is 0 Å². The maximum atomic E-state index is 12.3. The molecule has 0 radical (unpaired) electrons. The number of fused-ring (bicyclic) bond motifs is 3. The van der Waals surface area contributed by atoms with E-state index in [0.29, 0.717) is 17.6 Å². The molecule has 1 heterocycles. The lowest BCUT2D eigenvalue weighted by molar-refractivity contribution is -0.181. The van der Waals surface area contributed by atoms with Crippen molar-refractivity contribution in [1.29, 1.82) is 0 Å². The second-order valence-electron chi connectivity index (χ2n) is 7.87. The van der Waals surface area contributed by atoms with Crippen LogP contribution in [0, 0.1) is 17.3 Å². The molecule has 2 saturated carbocycles. The molecule has 1 saturated heterocycles. The number of carbonyl (C=O) groups excluding carboxylic acids is 2. The Kier molecular flexibility index (Phi) is 4.61. The lowest BCUT2D eigenvalue weighted by Crippen LogP contribution is -2.60. The number of hydrogen-bond donors (Lipinski definition) is 2. The quantitative estimate of drug-likeness (QED) is 0.441. The lowest BCUT2D eigenvalue weighted by Gasteiger charge is -2.55. The summed E-state index contributed by atoms with van der Waals surface area (Å²) in [5, 5.41) is 20.9. The highest BCUT2D eigenvalue weighted by atomic mass is 16.6. The van der Waals surface area contributed by atoms with Crippen LogP contribution in [-0.2, 0) is 19.1 Å². The van der Waals surface area contributed by atoms with E-state index in [1.54, 1.807) is 19.9 Å². The smallest absolute Gasteiger partial charge is 0.334 e. The molecular formula is C20H26O6. The Hall–Kier alpha value is -1.92. The maximum absolute atomic E-state index is 12.3. The Bertz CT molecular complexity index is 707. The first kappa shape index (κ1) is 18.9. The first-order valence-corrected chi connectivity index (χ1v) is 8.90. The van der Waals surface area contributed by atoms with Gasteiger partial charge in [0, 0.05) is 28.9 Å². The van der Waals surface area contributed by atoms with Crippen molar-refractivity contribution in [2.75, 3.05) is 0 Å². The van der Waals surface area contributed by atoms with E-state index in [9.17, 15) is 19.8 Å². The fourth-order valence-corrected chi connectivity index (χ4v) is 4.66. The third-order valence-electron chi connectivity index (χ3n) is 6.39. The third-order valence-corrected chi connectivity index (χ3v) is 6.39. The van der Waals surface area contributed by atoms with Crippen molar-refractivity contribution in [2.24, 2.45) is 17.3 Å². The molecule has 3 fully saturated rings. The summed E-state index contributed by atoms with van der Waals surface area (Å²) in [6.07, 6.45) is -0.830. The van der Waals surface area contributed by atoms with Gasteiger partial charge in [-0.1, -0.05) is 26.2 Å². The molecule has 2 aliphatic carbocycles. The van der Waals surface area contributed by atoms with Gasteiger partial charge in [-0.3, -0.25) is 0 Å². The Morgan fingerprint density at radius 2 is 2.04 bits per heavy atom. The molecule has 26 heavy (non-hydrogen) atoms. The van der Waals surface area contributed by atoms with Gasteiger partial charge in [-0.25, -0.2) is 9.59 Å². The number of carbonyl (C=O) groups is 2. The van der Waals surface area contributed by atoms with Gasteiger partial charge in [0.05, 0.1) is 18.1 Å². The summed E-state index contributed by atoms with van der Waals surface area (Å²) in [7, 11) is 0. The third kappa shape index (κ3) is 2.63. The molecule has 0 bridgehead atoms. The molecule has 6 heteroatoms. The van der Waals surface area contributed by atoms with Gasteiger partial charge in [-0.15, -0.1) is 0 Å². The summed E-state index contributed by atoms with van der Waals surface area (Å²) in [6, 6.07) is 0. The molecule has 3 rings (SSSR count). The fraction of sp³-hybridized carbons (Fsp3) is 0.600. The van der Waals surface area contributed by atoms with Gasteiger partial charge in [0.2, 0.25) is 0 Å². The minimum atomic E-state index is -0.860. The number of allylic oxidation sites excluding steroid dienone is 1. The van der Waals surface area contributed by atoms with Gasteiger partial charge in [0.15, 0.2) is 0 Å². The van der Waals surface area contributed by atoms with E-state index >= 15 is 0 Å². The number of hydrogen-bond acceptors (Lipinski definition) is 6. The zero-order chi connectivity index (χ0) is 19.4. The first-order chi connectivity index (χ1) is 12.1. The average Bonchev–Trinajstić information content (AvgIpc) is 2.87. The van der Waals surface area contributed by atoms with Crippen LogP contribution in [0.1, 0.15) is 33.6 Å². The van der Waals surface area contributed by atoms with E-state index < -0.39 is 53.6 Å². The van der Waals surface area contributed by atoms with Gasteiger partial charge in [-0.2, -0.15) is 0 Å². The van der Waals surface area contributed by atoms with Gasteiger partial charge < -0.3 is 19.7 Å². The number of aliphatic hydroxyl groups is 2. The Balaban J connectivity index is 2.01. The van der Waals surface area contributed by atoms with Crippen molar-refractivity contribution < 1.29 is 29.3 Å². The van der Waals surface area contributed by atoms with Gasteiger partial charge in [0.25, 0.3) is 0 Å². The topological polar surface area (TPSA) is 93.1 Å². The van der Waals surface area contributed by atoms with Crippen LogP contribution in [0.3, 0.4) is 0 Å². The number of ether oxygens (including phenoxy) is 2. The first-order valence-electron chi connectivity index (χ1n) is 8.90. The average molecular weight is 362 g/mol. The molecule has 7 atom stereocenters. The van der Waals surface area contributed by atoms with Crippen molar-refractivity contribution in [3.05, 3.63) is 36.0 Å². The molecular weight excluding hydrogens is 336 g/mol. The van der Waals surface area contributed by atoms with Gasteiger partial charge >= 0.3 is 11.9 Å². The molecule has 0 spiro atoms. The Morgan fingerprint density at radius 1 is 1.38 bits per heavy atom. The highest BCUT2D eigenvalue weighted by Gasteiger charge is 2.63. The van der Waals surface area contributed by atoms with Crippen LogP contribution in [0.5, 0.6) is 0 Å². The summed E-state index contributed by atoms with van der Waals surface area (Å²) in [5.74, 6) is -1.93. The summed E-state index contributed by atoms with van der Waals surface area (Å²) >= 11 is 0. The van der Waals surface area contributed by atoms with Crippen LogP contribution in [0.4, 0.5) is 0 Å². The van der Waals surface area contributed by atoms with Crippen LogP contribution in [-0.4, -0.2) is 46.6 Å². The second-order valence-corrected chi connectivity index (χ2v) is 7.87. The largest absolute Gasteiger partial charge is 0.458 e. The molecule has 3 aliphatic rings. The highest BCUT2D eigenvalue weighted by Crippen LogP contribution is 2.57. The van der Waals surface area contributed by atoms with Crippen molar-refractivity contribution in [3.8, 4) is 0 Å². The lowest BCUT2D eigenvalue weighted by atomic mass is 9.53. The fourth-order valence-electron chi connectivity index (χ4n) is 4.66. The van der Waals surface area contributed by atoms with E-state index in [-0.39, 0.29) is 12.0 Å². The van der Waals surface area contributed by atoms with E-state index in [0.717, 1.165) is 0 Å². The summed E-state index contributed by atoms with van der Waals surface area (Å²) < 4.78 is 11.2. The molecule has 0 unspecified atom stereocenters. The zero-order valence-corrected chi connectivity index (χ0v) is 15.4. The summed E-state index contributed by atoms with van der Waals surface area (Å²) in [4.78, 5) is 24.5.